The van der Waals surface area contributed by atoms with Gasteiger partial charge >= 0.3 is 0 Å². The summed E-state index contributed by atoms with van der Waals surface area (Å²) in [6.07, 6.45) is 7.13. The summed E-state index contributed by atoms with van der Waals surface area (Å²) in [5.74, 6) is 1.32. The number of nitrogens with zero attached hydrogens (tertiary/aromatic N) is 2. The maximum Gasteiger partial charge on any atom is 0.223 e. The molecule has 110 valence electrons. The summed E-state index contributed by atoms with van der Waals surface area (Å²) in [4.78, 5) is 16.6. The molecule has 1 N–H and O–H groups in total. The van der Waals surface area contributed by atoms with Crippen molar-refractivity contribution in [1.82, 2.24) is 14.9 Å². The number of benzene rings is 1. The number of rotatable bonds is 4. The van der Waals surface area contributed by atoms with Crippen molar-refractivity contribution in [3.63, 3.8) is 0 Å². The molecule has 0 saturated heterocycles. The van der Waals surface area contributed by atoms with Crippen LogP contribution in [0.1, 0.15) is 25.1 Å². The summed E-state index contributed by atoms with van der Waals surface area (Å²) in [6, 6.07) is 8.11. The van der Waals surface area contributed by atoms with Crippen LogP contribution in [-0.2, 0) is 11.3 Å². The number of carbonyl (C=O) groups is 1. The number of carbonyl (C=O) groups excluding carboxylic acids is 1. The second-order valence-corrected chi connectivity index (χ2v) is 5.57. The van der Waals surface area contributed by atoms with E-state index < -0.39 is 0 Å². The summed E-state index contributed by atoms with van der Waals surface area (Å²) >= 11 is 0. The number of imidazole rings is 1. The lowest BCUT2D eigenvalue weighted by molar-refractivity contribution is -0.125. The van der Waals surface area contributed by atoms with Gasteiger partial charge in [-0.15, -0.1) is 0 Å². The Kier molecular flexibility index (Phi) is 4.04. The predicted octanol–water partition coefficient (Wildman–Crippen LogP) is 2.82. The van der Waals surface area contributed by atoms with Gasteiger partial charge in [0.1, 0.15) is 5.82 Å². The Hall–Kier alpha value is -2.10. The quantitative estimate of drug-likeness (QED) is 0.877. The second-order valence-electron chi connectivity index (χ2n) is 5.57. The van der Waals surface area contributed by atoms with Gasteiger partial charge in [0.25, 0.3) is 0 Å². The highest BCUT2D eigenvalue weighted by Gasteiger charge is 2.18. The number of hydrogen-bond acceptors (Lipinski definition) is 2. The van der Waals surface area contributed by atoms with Gasteiger partial charge in [0.15, 0.2) is 0 Å². The molecule has 0 spiro atoms. The van der Waals surface area contributed by atoms with Gasteiger partial charge in [-0.25, -0.2) is 4.98 Å². The van der Waals surface area contributed by atoms with Crippen LogP contribution < -0.4 is 5.32 Å². The van der Waals surface area contributed by atoms with Gasteiger partial charge in [0.05, 0.1) is 11.0 Å². The fraction of sp³-hybridized carbons (Fsp3) is 0.412. The topological polar surface area (TPSA) is 46.9 Å². The zero-order valence-corrected chi connectivity index (χ0v) is 12.4. The Morgan fingerprint density at radius 2 is 2.24 bits per heavy atom. The van der Waals surface area contributed by atoms with Crippen LogP contribution in [0, 0.1) is 12.8 Å². The van der Waals surface area contributed by atoms with Crippen molar-refractivity contribution in [2.24, 2.45) is 5.92 Å². The standard InChI is InChI=1S/C17H21N3O/c1-13-19-15-9-5-6-10-16(15)20(13)12-11-18-17(21)14-7-3-2-4-8-14/h2-3,5-6,9-10,14H,4,7-8,11-12H2,1H3,(H,18,21)/t14-/m0/s1. The number of allylic oxidation sites excluding steroid dienone is 2. The zero-order valence-electron chi connectivity index (χ0n) is 12.4. The fourth-order valence-corrected chi connectivity index (χ4v) is 2.95. The van der Waals surface area contributed by atoms with Crippen molar-refractivity contribution in [2.45, 2.75) is 32.7 Å². The van der Waals surface area contributed by atoms with E-state index in [2.05, 4.69) is 33.1 Å². The van der Waals surface area contributed by atoms with E-state index in [4.69, 9.17) is 0 Å². The first-order valence-electron chi connectivity index (χ1n) is 7.60. The summed E-state index contributed by atoms with van der Waals surface area (Å²) in [7, 11) is 0. The molecule has 0 unspecified atom stereocenters. The van der Waals surface area contributed by atoms with E-state index in [1.165, 1.54) is 0 Å². The van der Waals surface area contributed by atoms with Gasteiger partial charge in [-0.1, -0.05) is 24.3 Å². The third-order valence-electron chi connectivity index (χ3n) is 4.12. The number of nitrogens with one attached hydrogen (secondary N) is 1. The third-order valence-corrected chi connectivity index (χ3v) is 4.12. The van der Waals surface area contributed by atoms with Crippen LogP contribution in [0.3, 0.4) is 0 Å². The largest absolute Gasteiger partial charge is 0.354 e. The number of para-hydroxylation sites is 2. The molecule has 4 nitrogen and oxygen atoms in total. The van der Waals surface area contributed by atoms with Gasteiger partial charge < -0.3 is 9.88 Å². The van der Waals surface area contributed by atoms with Crippen LogP contribution in [-0.4, -0.2) is 22.0 Å². The van der Waals surface area contributed by atoms with E-state index in [1.807, 2.05) is 25.1 Å². The Morgan fingerprint density at radius 3 is 3.05 bits per heavy atom. The molecule has 0 radical (unpaired) electrons. The first kappa shape index (κ1) is 13.9. The number of aromatic nitrogens is 2. The molecule has 2 aromatic rings. The highest BCUT2D eigenvalue weighted by Crippen LogP contribution is 2.18. The van der Waals surface area contributed by atoms with Crippen LogP contribution in [0.2, 0.25) is 0 Å². The summed E-state index contributed by atoms with van der Waals surface area (Å²) in [5.41, 5.74) is 2.14. The SMILES string of the molecule is Cc1nc2ccccc2n1CCNC(=O)[C@H]1CC=CCC1. The maximum absolute atomic E-state index is 12.1. The fourth-order valence-electron chi connectivity index (χ4n) is 2.95. The average molecular weight is 283 g/mol. The molecule has 1 atom stereocenters. The van der Waals surface area contributed by atoms with Gasteiger partial charge in [-0.05, 0) is 38.3 Å². The molecule has 4 heteroatoms. The molecule has 1 amide bonds. The maximum atomic E-state index is 12.1. The van der Waals surface area contributed by atoms with Gasteiger partial charge in [0.2, 0.25) is 5.91 Å². The minimum absolute atomic E-state index is 0.149. The Labute approximate surface area is 124 Å². The van der Waals surface area contributed by atoms with E-state index in [0.29, 0.717) is 6.54 Å². The van der Waals surface area contributed by atoms with E-state index in [1.54, 1.807) is 0 Å². The van der Waals surface area contributed by atoms with Gasteiger partial charge in [0, 0.05) is 19.0 Å². The minimum atomic E-state index is 0.149. The van der Waals surface area contributed by atoms with E-state index in [9.17, 15) is 4.79 Å². The molecule has 0 fully saturated rings. The van der Waals surface area contributed by atoms with E-state index >= 15 is 0 Å². The van der Waals surface area contributed by atoms with Crippen LogP contribution >= 0.6 is 0 Å². The van der Waals surface area contributed by atoms with Crippen molar-refractivity contribution < 1.29 is 4.79 Å². The molecule has 21 heavy (non-hydrogen) atoms. The average Bonchev–Trinajstić information content (AvgIpc) is 2.84. The van der Waals surface area contributed by atoms with Gasteiger partial charge in [-0.3, -0.25) is 4.79 Å². The van der Waals surface area contributed by atoms with Crippen LogP contribution in [0.15, 0.2) is 36.4 Å². The number of hydrogen-bond donors (Lipinski definition) is 1. The summed E-state index contributed by atoms with van der Waals surface area (Å²) < 4.78 is 2.16. The summed E-state index contributed by atoms with van der Waals surface area (Å²) in [6.45, 7) is 3.43. The molecule has 0 saturated carbocycles. The molecule has 1 aliphatic rings. The number of fused-ring (bicyclic) bond motifs is 1. The van der Waals surface area contributed by atoms with Crippen LogP contribution in [0.5, 0.6) is 0 Å². The summed E-state index contributed by atoms with van der Waals surface area (Å²) in [5, 5.41) is 3.06. The Morgan fingerprint density at radius 1 is 1.38 bits per heavy atom. The molecule has 0 bridgehead atoms. The Bertz CT molecular complexity index is 672. The highest BCUT2D eigenvalue weighted by atomic mass is 16.1. The zero-order chi connectivity index (χ0) is 14.7. The first-order chi connectivity index (χ1) is 10.3. The molecule has 0 aliphatic heterocycles. The normalized spacial score (nSPS) is 18.0. The number of amides is 1. The monoisotopic (exact) mass is 283 g/mol. The van der Waals surface area contributed by atoms with Crippen molar-refractivity contribution in [2.75, 3.05) is 6.54 Å². The highest BCUT2D eigenvalue weighted by molar-refractivity contribution is 5.79. The van der Waals surface area contributed by atoms with E-state index in [-0.39, 0.29) is 11.8 Å². The predicted molar refractivity (Wildman–Crippen MR) is 84.0 cm³/mol. The molecule has 3 rings (SSSR count). The lowest BCUT2D eigenvalue weighted by atomic mass is 9.94. The van der Waals surface area contributed by atoms with E-state index in [0.717, 1.165) is 42.7 Å². The third kappa shape index (κ3) is 2.99. The molecule has 1 aliphatic carbocycles. The Balaban J connectivity index is 1.60. The molecule has 1 aromatic heterocycles. The lowest BCUT2D eigenvalue weighted by Crippen LogP contribution is -2.33. The second kappa shape index (κ2) is 6.12. The first-order valence-corrected chi connectivity index (χ1v) is 7.60. The number of aryl methyl sites for hydroxylation is 1. The molecular formula is C17H21N3O. The van der Waals surface area contributed by atoms with Crippen LogP contribution in [0.25, 0.3) is 11.0 Å². The molecule has 1 aromatic carbocycles. The smallest absolute Gasteiger partial charge is 0.223 e. The van der Waals surface area contributed by atoms with Crippen molar-refractivity contribution >= 4 is 16.9 Å². The lowest BCUT2D eigenvalue weighted by Gasteiger charge is -2.17. The molecular weight excluding hydrogens is 262 g/mol. The van der Waals surface area contributed by atoms with Crippen molar-refractivity contribution in [1.29, 1.82) is 0 Å². The van der Waals surface area contributed by atoms with Crippen molar-refractivity contribution in [3.8, 4) is 0 Å². The van der Waals surface area contributed by atoms with Crippen molar-refractivity contribution in [3.05, 3.63) is 42.2 Å². The van der Waals surface area contributed by atoms with Crippen LogP contribution in [0.4, 0.5) is 0 Å². The molecule has 1 heterocycles. The minimum Gasteiger partial charge on any atom is -0.354 e. The van der Waals surface area contributed by atoms with Gasteiger partial charge in [-0.2, -0.15) is 0 Å².